The van der Waals surface area contributed by atoms with Crippen molar-refractivity contribution in [3.8, 4) is 0 Å². The van der Waals surface area contributed by atoms with E-state index in [9.17, 15) is 14.0 Å². The first-order valence-corrected chi connectivity index (χ1v) is 10.5. The number of benzene rings is 1. The predicted molar refractivity (Wildman–Crippen MR) is 121 cm³/mol. The quantitative estimate of drug-likeness (QED) is 0.480. The van der Waals surface area contributed by atoms with E-state index in [4.69, 9.17) is 0 Å². The summed E-state index contributed by atoms with van der Waals surface area (Å²) in [6.45, 7) is 3.60. The van der Waals surface area contributed by atoms with Gasteiger partial charge < -0.3 is 15.2 Å². The first-order valence-electron chi connectivity index (χ1n) is 10.5. The molecule has 5 rings (SSSR count). The van der Waals surface area contributed by atoms with Crippen molar-refractivity contribution in [1.29, 1.82) is 0 Å². The van der Waals surface area contributed by atoms with Gasteiger partial charge >= 0.3 is 5.69 Å². The third kappa shape index (κ3) is 3.60. The van der Waals surface area contributed by atoms with Crippen LogP contribution in [0.4, 0.5) is 10.1 Å². The summed E-state index contributed by atoms with van der Waals surface area (Å²) < 4.78 is 16.1. The monoisotopic (exact) mass is 434 g/mol. The zero-order valence-corrected chi connectivity index (χ0v) is 17.6. The Labute approximate surface area is 183 Å². The van der Waals surface area contributed by atoms with Crippen LogP contribution in [0.3, 0.4) is 0 Å². The molecule has 1 aromatic carbocycles. The molecule has 0 saturated carbocycles. The second-order valence-electron chi connectivity index (χ2n) is 7.92. The van der Waals surface area contributed by atoms with E-state index >= 15 is 0 Å². The van der Waals surface area contributed by atoms with E-state index in [2.05, 4.69) is 26.3 Å². The molecule has 0 atom stereocenters. The number of carbonyl (C=O) groups excluding carboxylic acids is 1. The van der Waals surface area contributed by atoms with Gasteiger partial charge in [0.15, 0.2) is 0 Å². The van der Waals surface area contributed by atoms with Crippen LogP contribution in [0.2, 0.25) is 0 Å². The smallest absolute Gasteiger partial charge is 0.330 e. The van der Waals surface area contributed by atoms with Crippen LogP contribution in [0, 0.1) is 5.95 Å². The minimum Gasteiger partial charge on any atom is -0.365 e. The lowest BCUT2D eigenvalue weighted by Gasteiger charge is -2.36. The molecular weight excluding hydrogens is 411 g/mol. The van der Waals surface area contributed by atoms with Gasteiger partial charge in [-0.05, 0) is 35.9 Å². The number of amides is 1. The number of piperazine rings is 1. The Morgan fingerprint density at radius 3 is 2.72 bits per heavy atom. The van der Waals surface area contributed by atoms with E-state index in [0.717, 1.165) is 41.6 Å². The fourth-order valence-corrected chi connectivity index (χ4v) is 4.29. The third-order valence-electron chi connectivity index (χ3n) is 5.98. The van der Waals surface area contributed by atoms with Gasteiger partial charge in [-0.25, -0.2) is 9.78 Å². The Kier molecular flexibility index (Phi) is 5.10. The van der Waals surface area contributed by atoms with Gasteiger partial charge in [0, 0.05) is 51.4 Å². The number of aromatic nitrogens is 3. The summed E-state index contributed by atoms with van der Waals surface area (Å²) in [6, 6.07) is 13.1. The van der Waals surface area contributed by atoms with E-state index in [1.165, 1.54) is 7.05 Å². The van der Waals surface area contributed by atoms with Gasteiger partial charge in [-0.2, -0.15) is 4.39 Å². The maximum absolute atomic E-state index is 14.5. The average Bonchev–Trinajstić information content (AvgIpc) is 3.30. The number of rotatable bonds is 4. The highest BCUT2D eigenvalue weighted by Gasteiger charge is 2.21. The summed E-state index contributed by atoms with van der Waals surface area (Å²) in [7, 11) is 1.49. The van der Waals surface area contributed by atoms with Crippen molar-refractivity contribution < 1.29 is 9.18 Å². The molecule has 4 aromatic rings. The van der Waals surface area contributed by atoms with E-state index in [-0.39, 0.29) is 11.4 Å². The standard InChI is InChI=1S/C23H23FN6O2/c1-25-22(31)17-6-7-20(21(24)26-17)29-11-9-28(10-12-29)14-15-4-5-16-18(13-15)27-23(32)30-8-2-3-19(16)30/h2-8,13H,9-12,14H2,1H3,(H,25,31)(H,27,32). The number of anilines is 1. The van der Waals surface area contributed by atoms with Crippen LogP contribution in [-0.2, 0) is 6.54 Å². The van der Waals surface area contributed by atoms with Crippen molar-refractivity contribution in [2.75, 3.05) is 38.1 Å². The number of pyridine rings is 1. The van der Waals surface area contributed by atoms with Crippen LogP contribution < -0.4 is 15.9 Å². The van der Waals surface area contributed by atoms with Crippen molar-refractivity contribution in [2.45, 2.75) is 6.54 Å². The Hall–Kier alpha value is -3.72. The topological polar surface area (TPSA) is 85.7 Å². The molecule has 9 heteroatoms. The fourth-order valence-electron chi connectivity index (χ4n) is 4.29. The zero-order valence-electron chi connectivity index (χ0n) is 17.6. The highest BCUT2D eigenvalue weighted by atomic mass is 19.1. The van der Waals surface area contributed by atoms with E-state index < -0.39 is 11.9 Å². The van der Waals surface area contributed by atoms with Crippen molar-refractivity contribution in [1.82, 2.24) is 24.6 Å². The van der Waals surface area contributed by atoms with Gasteiger partial charge in [0.1, 0.15) is 5.69 Å². The Morgan fingerprint density at radius 1 is 1.16 bits per heavy atom. The van der Waals surface area contributed by atoms with Crippen molar-refractivity contribution in [2.24, 2.45) is 0 Å². The summed E-state index contributed by atoms with van der Waals surface area (Å²) in [6.07, 6.45) is 1.76. The van der Waals surface area contributed by atoms with Gasteiger partial charge in [0.05, 0.1) is 16.7 Å². The summed E-state index contributed by atoms with van der Waals surface area (Å²) in [5, 5.41) is 3.45. The highest BCUT2D eigenvalue weighted by Crippen LogP contribution is 2.22. The fraction of sp³-hybridized carbons (Fsp3) is 0.261. The molecule has 1 fully saturated rings. The molecule has 0 radical (unpaired) electrons. The second-order valence-corrected chi connectivity index (χ2v) is 7.92. The number of aromatic amines is 1. The number of hydrogen-bond acceptors (Lipinski definition) is 5. The van der Waals surface area contributed by atoms with E-state index in [1.54, 1.807) is 22.7 Å². The van der Waals surface area contributed by atoms with Crippen LogP contribution in [0.5, 0.6) is 0 Å². The number of halogens is 1. The number of hydrogen-bond donors (Lipinski definition) is 2. The van der Waals surface area contributed by atoms with Gasteiger partial charge in [-0.3, -0.25) is 14.1 Å². The lowest BCUT2D eigenvalue weighted by atomic mass is 10.1. The Bertz CT molecular complexity index is 1370. The molecule has 1 aliphatic rings. The van der Waals surface area contributed by atoms with Gasteiger partial charge in [-0.1, -0.05) is 12.1 Å². The maximum Gasteiger partial charge on any atom is 0.330 e. The first kappa shape index (κ1) is 20.2. The number of fused-ring (bicyclic) bond motifs is 3. The highest BCUT2D eigenvalue weighted by molar-refractivity contribution is 5.93. The minimum absolute atomic E-state index is 0.0687. The predicted octanol–water partition coefficient (Wildman–Crippen LogP) is 2.00. The van der Waals surface area contributed by atoms with Crippen molar-refractivity contribution in [3.63, 3.8) is 0 Å². The molecule has 0 unspecified atom stereocenters. The molecule has 8 nitrogen and oxygen atoms in total. The summed E-state index contributed by atoms with van der Waals surface area (Å²) in [4.78, 5) is 34.9. The minimum atomic E-state index is -0.630. The largest absolute Gasteiger partial charge is 0.365 e. The molecule has 1 amide bonds. The van der Waals surface area contributed by atoms with Crippen LogP contribution in [0.15, 0.2) is 53.5 Å². The molecule has 4 heterocycles. The third-order valence-corrected chi connectivity index (χ3v) is 5.98. The molecule has 3 aromatic heterocycles. The van der Waals surface area contributed by atoms with E-state index in [0.29, 0.717) is 18.8 Å². The van der Waals surface area contributed by atoms with Crippen molar-refractivity contribution >= 4 is 28.0 Å². The molecule has 164 valence electrons. The normalized spacial score (nSPS) is 14.9. The lowest BCUT2D eigenvalue weighted by molar-refractivity contribution is 0.0957. The molecule has 0 spiro atoms. The molecule has 1 saturated heterocycles. The number of nitrogens with zero attached hydrogens (tertiary/aromatic N) is 4. The van der Waals surface area contributed by atoms with Gasteiger partial charge in [0.2, 0.25) is 5.95 Å². The second kappa shape index (κ2) is 8.08. The number of carbonyl (C=O) groups is 1. The molecule has 2 N–H and O–H groups in total. The lowest BCUT2D eigenvalue weighted by Crippen LogP contribution is -2.46. The zero-order chi connectivity index (χ0) is 22.2. The van der Waals surface area contributed by atoms with Gasteiger partial charge in [-0.15, -0.1) is 0 Å². The molecule has 0 aliphatic carbocycles. The summed E-state index contributed by atoms with van der Waals surface area (Å²) >= 11 is 0. The molecule has 1 aliphatic heterocycles. The van der Waals surface area contributed by atoms with Crippen LogP contribution in [-0.4, -0.2) is 58.4 Å². The molecular formula is C23H23FN6O2. The Morgan fingerprint density at radius 2 is 1.97 bits per heavy atom. The first-order chi connectivity index (χ1) is 15.5. The van der Waals surface area contributed by atoms with Crippen LogP contribution in [0.1, 0.15) is 16.1 Å². The Balaban J connectivity index is 1.28. The van der Waals surface area contributed by atoms with Crippen LogP contribution >= 0.6 is 0 Å². The summed E-state index contributed by atoms with van der Waals surface area (Å²) in [5.41, 5.74) is 3.15. The molecule has 32 heavy (non-hydrogen) atoms. The number of H-pyrrole nitrogens is 1. The average molecular weight is 434 g/mol. The summed E-state index contributed by atoms with van der Waals surface area (Å²) in [5.74, 6) is -1.04. The van der Waals surface area contributed by atoms with Crippen LogP contribution in [0.25, 0.3) is 16.4 Å². The number of nitrogens with one attached hydrogen (secondary N) is 2. The van der Waals surface area contributed by atoms with Crippen molar-refractivity contribution in [3.05, 3.63) is 76.4 Å². The van der Waals surface area contributed by atoms with Gasteiger partial charge in [0.25, 0.3) is 5.91 Å². The maximum atomic E-state index is 14.5. The molecule has 0 bridgehead atoms. The van der Waals surface area contributed by atoms with E-state index in [1.807, 2.05) is 29.2 Å². The SMILES string of the molecule is CNC(=O)c1ccc(N2CCN(Cc3ccc4c(c3)[nH]c(=O)n3cccc43)CC2)c(F)n1.